The average molecular weight is 341 g/mol. The third-order valence-corrected chi connectivity index (χ3v) is 4.45. The Bertz CT molecular complexity index is 623. The fraction of sp³-hybridized carbons (Fsp3) is 0.562. The molecule has 0 radical (unpaired) electrons. The van der Waals surface area contributed by atoms with Crippen LogP contribution < -0.4 is 0 Å². The van der Waals surface area contributed by atoms with Gasteiger partial charge in [0.05, 0.1) is 12.1 Å². The Labute approximate surface area is 137 Å². The summed E-state index contributed by atoms with van der Waals surface area (Å²) in [4.78, 5) is 23.2. The zero-order valence-corrected chi connectivity index (χ0v) is 13.1. The minimum absolute atomic E-state index is 0.391. The predicted molar refractivity (Wildman–Crippen MR) is 80.3 cm³/mol. The van der Waals surface area contributed by atoms with Gasteiger partial charge in [0, 0.05) is 45.0 Å². The van der Waals surface area contributed by atoms with Gasteiger partial charge in [-0.2, -0.15) is 13.2 Å². The summed E-state index contributed by atoms with van der Waals surface area (Å²) in [5, 5.41) is 4.12. The van der Waals surface area contributed by atoms with Crippen LogP contribution in [0.15, 0.2) is 29.6 Å². The maximum atomic E-state index is 12.2. The molecular formula is C16H18F3N3O2. The molecule has 8 heteroatoms. The van der Waals surface area contributed by atoms with E-state index >= 15 is 0 Å². The highest BCUT2D eigenvalue weighted by Crippen LogP contribution is 2.36. The number of aromatic nitrogens is 1. The van der Waals surface area contributed by atoms with E-state index in [1.54, 1.807) is 6.20 Å². The Hall–Kier alpha value is -2.12. The molecule has 130 valence electrons. The van der Waals surface area contributed by atoms with Gasteiger partial charge in [0.1, 0.15) is 11.3 Å². The van der Waals surface area contributed by atoms with Crippen molar-refractivity contribution >= 4 is 11.6 Å². The van der Waals surface area contributed by atoms with Crippen molar-refractivity contribution in [3.8, 4) is 0 Å². The summed E-state index contributed by atoms with van der Waals surface area (Å²) in [7, 11) is 0. The zero-order chi connectivity index (χ0) is 17.2. The number of amides is 1. The summed E-state index contributed by atoms with van der Waals surface area (Å²) in [6, 6.07) is 5.55. The molecule has 1 fully saturated rings. The lowest BCUT2D eigenvalue weighted by Crippen LogP contribution is -2.47. The third-order valence-electron chi connectivity index (χ3n) is 4.45. The minimum Gasteiger partial charge on any atom is -0.388 e. The highest BCUT2D eigenvalue weighted by molar-refractivity contribution is 6.00. The first-order chi connectivity index (χ1) is 11.4. The molecule has 5 nitrogen and oxygen atoms in total. The lowest BCUT2D eigenvalue weighted by atomic mass is 9.86. The van der Waals surface area contributed by atoms with Crippen molar-refractivity contribution in [2.75, 3.05) is 13.1 Å². The molecule has 2 aliphatic heterocycles. The molecule has 1 amide bonds. The second kappa shape index (κ2) is 6.41. The van der Waals surface area contributed by atoms with Gasteiger partial charge in [0.15, 0.2) is 0 Å². The Morgan fingerprint density at radius 1 is 1.29 bits per heavy atom. The Kier molecular flexibility index (Phi) is 4.47. The van der Waals surface area contributed by atoms with E-state index in [0.717, 1.165) is 11.4 Å². The van der Waals surface area contributed by atoms with Crippen LogP contribution in [0.1, 0.15) is 37.8 Å². The van der Waals surface area contributed by atoms with Gasteiger partial charge in [-0.05, 0) is 12.1 Å². The standard InChI is InChI=1S/C16H18F3N3O2/c17-16(18,19)5-4-14(23)22-9-6-15(7-10-22)11-13(21-24-15)12-3-1-2-8-20-12/h1-3,8H,4-7,9-11H2. The van der Waals surface area contributed by atoms with E-state index in [-0.39, 0.29) is 0 Å². The van der Waals surface area contributed by atoms with Crippen LogP contribution in [0.25, 0.3) is 0 Å². The van der Waals surface area contributed by atoms with Crippen LogP contribution in [-0.2, 0) is 9.63 Å². The minimum atomic E-state index is -4.30. The number of oxime groups is 1. The zero-order valence-electron chi connectivity index (χ0n) is 13.1. The number of hydrogen-bond acceptors (Lipinski definition) is 4. The number of carbonyl (C=O) groups is 1. The Morgan fingerprint density at radius 3 is 2.67 bits per heavy atom. The summed E-state index contributed by atoms with van der Waals surface area (Å²) in [6.07, 6.45) is -2.45. The third kappa shape index (κ3) is 3.85. The van der Waals surface area contributed by atoms with E-state index in [0.29, 0.717) is 32.4 Å². The maximum Gasteiger partial charge on any atom is 0.389 e. The molecule has 0 saturated carbocycles. The van der Waals surface area contributed by atoms with Crippen molar-refractivity contribution in [1.29, 1.82) is 0 Å². The molecule has 24 heavy (non-hydrogen) atoms. The number of nitrogens with zero attached hydrogens (tertiary/aromatic N) is 3. The topological polar surface area (TPSA) is 54.8 Å². The second-order valence-electron chi connectivity index (χ2n) is 6.20. The van der Waals surface area contributed by atoms with Crippen LogP contribution in [0.3, 0.4) is 0 Å². The maximum absolute atomic E-state index is 12.2. The van der Waals surface area contributed by atoms with Crippen molar-refractivity contribution in [3.63, 3.8) is 0 Å². The number of hydrogen-bond donors (Lipinski definition) is 0. The fourth-order valence-corrected chi connectivity index (χ4v) is 3.03. The normalized spacial score (nSPS) is 20.0. The van der Waals surface area contributed by atoms with Crippen LogP contribution in [-0.4, -0.2) is 46.4 Å². The molecule has 1 aromatic rings. The van der Waals surface area contributed by atoms with Crippen LogP contribution in [0, 0.1) is 0 Å². The van der Waals surface area contributed by atoms with Gasteiger partial charge in [0.25, 0.3) is 0 Å². The summed E-state index contributed by atoms with van der Waals surface area (Å²) in [6.45, 7) is 0.781. The number of halogens is 3. The highest BCUT2D eigenvalue weighted by Gasteiger charge is 2.43. The number of likely N-dealkylation sites (tertiary alicyclic amines) is 1. The van der Waals surface area contributed by atoms with E-state index in [1.807, 2.05) is 18.2 Å². The van der Waals surface area contributed by atoms with Gasteiger partial charge in [-0.15, -0.1) is 0 Å². The highest BCUT2D eigenvalue weighted by atomic mass is 19.4. The summed E-state index contributed by atoms with van der Waals surface area (Å²) in [5.74, 6) is -0.453. The lowest BCUT2D eigenvalue weighted by Gasteiger charge is -2.37. The fourth-order valence-electron chi connectivity index (χ4n) is 3.03. The van der Waals surface area contributed by atoms with E-state index < -0.39 is 30.5 Å². The molecule has 2 aliphatic rings. The second-order valence-corrected chi connectivity index (χ2v) is 6.20. The molecule has 1 spiro atoms. The van der Waals surface area contributed by atoms with Crippen LogP contribution in [0.2, 0.25) is 0 Å². The van der Waals surface area contributed by atoms with Gasteiger partial charge in [-0.25, -0.2) is 0 Å². The van der Waals surface area contributed by atoms with E-state index in [1.165, 1.54) is 4.90 Å². The monoisotopic (exact) mass is 341 g/mol. The van der Waals surface area contributed by atoms with Gasteiger partial charge in [0.2, 0.25) is 5.91 Å². The van der Waals surface area contributed by atoms with Crippen LogP contribution >= 0.6 is 0 Å². The molecule has 0 unspecified atom stereocenters. The number of carbonyl (C=O) groups excluding carboxylic acids is 1. The number of rotatable bonds is 3. The smallest absolute Gasteiger partial charge is 0.388 e. The summed E-state index contributed by atoms with van der Waals surface area (Å²) >= 11 is 0. The molecule has 0 atom stereocenters. The van der Waals surface area contributed by atoms with E-state index in [9.17, 15) is 18.0 Å². The van der Waals surface area contributed by atoms with E-state index in [4.69, 9.17) is 4.84 Å². The van der Waals surface area contributed by atoms with Gasteiger partial charge in [-0.1, -0.05) is 11.2 Å². The molecule has 0 aliphatic carbocycles. The SMILES string of the molecule is O=C(CCC(F)(F)F)N1CCC2(CC1)CC(c1ccccn1)=NO2. The average Bonchev–Trinajstić information content (AvgIpc) is 2.97. The Balaban J connectivity index is 1.52. The summed E-state index contributed by atoms with van der Waals surface area (Å²) < 4.78 is 36.6. The first-order valence-corrected chi connectivity index (χ1v) is 7.88. The van der Waals surface area contributed by atoms with Crippen LogP contribution in [0.4, 0.5) is 13.2 Å². The van der Waals surface area contributed by atoms with Crippen LogP contribution in [0.5, 0.6) is 0 Å². The lowest BCUT2D eigenvalue weighted by molar-refractivity contribution is -0.152. The quantitative estimate of drug-likeness (QED) is 0.849. The molecular weight excluding hydrogens is 323 g/mol. The largest absolute Gasteiger partial charge is 0.389 e. The number of alkyl halides is 3. The van der Waals surface area contributed by atoms with Gasteiger partial charge >= 0.3 is 6.18 Å². The van der Waals surface area contributed by atoms with E-state index in [2.05, 4.69) is 10.1 Å². The van der Waals surface area contributed by atoms with Crippen molar-refractivity contribution in [2.45, 2.75) is 43.9 Å². The predicted octanol–water partition coefficient (Wildman–Crippen LogP) is 2.91. The first-order valence-electron chi connectivity index (χ1n) is 7.88. The first kappa shape index (κ1) is 16.7. The molecule has 3 rings (SSSR count). The van der Waals surface area contributed by atoms with Gasteiger partial charge in [-0.3, -0.25) is 9.78 Å². The number of piperidine rings is 1. The number of pyridine rings is 1. The van der Waals surface area contributed by atoms with Crippen molar-refractivity contribution in [3.05, 3.63) is 30.1 Å². The molecule has 0 aromatic carbocycles. The Morgan fingerprint density at radius 2 is 2.04 bits per heavy atom. The van der Waals surface area contributed by atoms with Crippen molar-refractivity contribution in [1.82, 2.24) is 9.88 Å². The molecule has 1 saturated heterocycles. The van der Waals surface area contributed by atoms with Gasteiger partial charge < -0.3 is 9.74 Å². The van der Waals surface area contributed by atoms with Crippen molar-refractivity contribution in [2.24, 2.45) is 5.16 Å². The molecule has 1 aromatic heterocycles. The molecule has 3 heterocycles. The van der Waals surface area contributed by atoms with Crippen molar-refractivity contribution < 1.29 is 22.8 Å². The molecule has 0 bridgehead atoms. The summed E-state index contributed by atoms with van der Waals surface area (Å²) in [5.41, 5.74) is 1.07. The molecule has 0 N–H and O–H groups in total.